The molecule has 0 saturated carbocycles. The lowest BCUT2D eigenvalue weighted by molar-refractivity contribution is 0.0856. The van der Waals surface area contributed by atoms with E-state index in [1.807, 2.05) is 19.9 Å². The molecular formula is C13H15NO. The standard InChI is InChI=1S/C13H15NO/c1-5-14-10(4)11-6-8(2)9(3)7-12(11)13(14)15/h6-7H,4-5H2,1-3H3. The number of nitrogens with zero attached hydrogens (tertiary/aromatic N) is 1. The Kier molecular flexibility index (Phi) is 2.14. The van der Waals surface area contributed by atoms with E-state index in [-0.39, 0.29) is 5.91 Å². The molecule has 0 N–H and O–H groups in total. The van der Waals surface area contributed by atoms with Crippen molar-refractivity contribution in [1.29, 1.82) is 0 Å². The van der Waals surface area contributed by atoms with Crippen molar-refractivity contribution in [2.24, 2.45) is 0 Å². The molecule has 15 heavy (non-hydrogen) atoms. The first-order chi connectivity index (χ1) is 7.06. The second-order valence-corrected chi connectivity index (χ2v) is 3.98. The Labute approximate surface area is 90.2 Å². The Bertz CT molecular complexity index is 419. The van der Waals surface area contributed by atoms with Crippen LogP contribution in [0.3, 0.4) is 0 Å². The molecule has 1 aliphatic heterocycles. The van der Waals surface area contributed by atoms with Crippen molar-refractivity contribution in [3.05, 3.63) is 41.0 Å². The number of amides is 1. The fourth-order valence-corrected chi connectivity index (χ4v) is 1.98. The van der Waals surface area contributed by atoms with Gasteiger partial charge >= 0.3 is 0 Å². The quantitative estimate of drug-likeness (QED) is 0.684. The molecule has 0 saturated heterocycles. The predicted octanol–water partition coefficient (Wildman–Crippen LogP) is 2.75. The largest absolute Gasteiger partial charge is 0.309 e. The molecule has 2 rings (SSSR count). The van der Waals surface area contributed by atoms with Gasteiger partial charge in [0.2, 0.25) is 0 Å². The number of carbonyl (C=O) groups excluding carboxylic acids is 1. The zero-order valence-electron chi connectivity index (χ0n) is 9.42. The van der Waals surface area contributed by atoms with Crippen LogP contribution in [0.2, 0.25) is 0 Å². The maximum Gasteiger partial charge on any atom is 0.258 e. The van der Waals surface area contributed by atoms with Crippen LogP contribution in [0.15, 0.2) is 18.7 Å². The molecule has 0 aromatic heterocycles. The van der Waals surface area contributed by atoms with Gasteiger partial charge in [-0.05, 0) is 44.0 Å². The van der Waals surface area contributed by atoms with Crippen molar-refractivity contribution >= 4 is 11.6 Å². The molecule has 0 aliphatic carbocycles. The fraction of sp³-hybridized carbons (Fsp3) is 0.308. The van der Waals surface area contributed by atoms with Crippen LogP contribution in [0, 0.1) is 13.8 Å². The van der Waals surface area contributed by atoms with E-state index in [0.717, 1.165) is 22.4 Å². The van der Waals surface area contributed by atoms with Crippen LogP contribution in [0.25, 0.3) is 5.70 Å². The summed E-state index contributed by atoms with van der Waals surface area (Å²) >= 11 is 0. The van der Waals surface area contributed by atoms with Crippen molar-refractivity contribution in [2.45, 2.75) is 20.8 Å². The van der Waals surface area contributed by atoms with Crippen molar-refractivity contribution in [1.82, 2.24) is 4.90 Å². The van der Waals surface area contributed by atoms with Crippen LogP contribution in [-0.4, -0.2) is 17.4 Å². The lowest BCUT2D eigenvalue weighted by Crippen LogP contribution is -2.21. The van der Waals surface area contributed by atoms with E-state index in [4.69, 9.17) is 0 Å². The van der Waals surface area contributed by atoms with Crippen LogP contribution < -0.4 is 0 Å². The molecule has 1 aliphatic rings. The summed E-state index contributed by atoms with van der Waals surface area (Å²) in [6.45, 7) is 10.7. The fourth-order valence-electron chi connectivity index (χ4n) is 1.98. The van der Waals surface area contributed by atoms with Gasteiger partial charge in [0.15, 0.2) is 0 Å². The Morgan fingerprint density at radius 1 is 1.20 bits per heavy atom. The topological polar surface area (TPSA) is 20.3 Å². The van der Waals surface area contributed by atoms with E-state index in [9.17, 15) is 4.79 Å². The number of hydrogen-bond donors (Lipinski definition) is 0. The van der Waals surface area contributed by atoms with Gasteiger partial charge < -0.3 is 4.90 Å². The number of rotatable bonds is 1. The van der Waals surface area contributed by atoms with Crippen LogP contribution >= 0.6 is 0 Å². The van der Waals surface area contributed by atoms with Gasteiger partial charge in [0.25, 0.3) is 5.91 Å². The molecule has 2 heteroatoms. The van der Waals surface area contributed by atoms with Gasteiger partial charge in [-0.2, -0.15) is 0 Å². The van der Waals surface area contributed by atoms with Gasteiger partial charge in [0.05, 0.1) is 0 Å². The Hall–Kier alpha value is -1.57. The highest BCUT2D eigenvalue weighted by Crippen LogP contribution is 2.32. The zero-order valence-corrected chi connectivity index (χ0v) is 9.42. The van der Waals surface area contributed by atoms with E-state index < -0.39 is 0 Å². The Morgan fingerprint density at radius 3 is 2.27 bits per heavy atom. The molecule has 1 amide bonds. The summed E-state index contributed by atoms with van der Waals surface area (Å²) in [6.07, 6.45) is 0. The van der Waals surface area contributed by atoms with Crippen molar-refractivity contribution < 1.29 is 4.79 Å². The third kappa shape index (κ3) is 1.29. The van der Waals surface area contributed by atoms with Gasteiger partial charge in [0.1, 0.15) is 0 Å². The molecule has 2 nitrogen and oxygen atoms in total. The molecule has 0 bridgehead atoms. The van der Waals surface area contributed by atoms with Gasteiger partial charge in [-0.15, -0.1) is 0 Å². The van der Waals surface area contributed by atoms with Crippen molar-refractivity contribution in [3.8, 4) is 0 Å². The van der Waals surface area contributed by atoms with Crippen LogP contribution in [0.4, 0.5) is 0 Å². The predicted molar refractivity (Wildman–Crippen MR) is 61.7 cm³/mol. The lowest BCUT2D eigenvalue weighted by atomic mass is 10.0. The average Bonchev–Trinajstić information content (AvgIpc) is 2.42. The zero-order chi connectivity index (χ0) is 11.2. The molecular weight excluding hydrogens is 186 g/mol. The number of hydrogen-bond acceptors (Lipinski definition) is 1. The van der Waals surface area contributed by atoms with E-state index in [2.05, 4.69) is 19.6 Å². The number of fused-ring (bicyclic) bond motifs is 1. The summed E-state index contributed by atoms with van der Waals surface area (Å²) in [5, 5.41) is 0. The lowest BCUT2D eigenvalue weighted by Gasteiger charge is -2.13. The molecule has 0 fully saturated rings. The molecule has 1 heterocycles. The molecule has 0 atom stereocenters. The molecule has 1 aromatic carbocycles. The monoisotopic (exact) mass is 201 g/mol. The smallest absolute Gasteiger partial charge is 0.258 e. The molecule has 0 spiro atoms. The average molecular weight is 201 g/mol. The third-order valence-corrected chi connectivity index (χ3v) is 3.06. The van der Waals surface area contributed by atoms with Crippen molar-refractivity contribution in [2.75, 3.05) is 6.54 Å². The van der Waals surface area contributed by atoms with E-state index in [0.29, 0.717) is 6.54 Å². The third-order valence-electron chi connectivity index (χ3n) is 3.06. The summed E-state index contributed by atoms with van der Waals surface area (Å²) in [6, 6.07) is 4.02. The van der Waals surface area contributed by atoms with Crippen LogP contribution in [-0.2, 0) is 0 Å². The van der Waals surface area contributed by atoms with E-state index in [1.54, 1.807) is 4.90 Å². The van der Waals surface area contributed by atoms with Gasteiger partial charge in [-0.25, -0.2) is 0 Å². The van der Waals surface area contributed by atoms with Crippen LogP contribution in [0.5, 0.6) is 0 Å². The van der Waals surface area contributed by atoms with Crippen LogP contribution in [0.1, 0.15) is 34.0 Å². The van der Waals surface area contributed by atoms with E-state index in [1.165, 1.54) is 5.56 Å². The molecule has 78 valence electrons. The van der Waals surface area contributed by atoms with E-state index >= 15 is 0 Å². The van der Waals surface area contributed by atoms with Gasteiger partial charge in [-0.3, -0.25) is 4.79 Å². The van der Waals surface area contributed by atoms with Gasteiger partial charge in [0, 0.05) is 23.4 Å². The summed E-state index contributed by atoms with van der Waals surface area (Å²) < 4.78 is 0. The highest BCUT2D eigenvalue weighted by Gasteiger charge is 2.29. The molecule has 0 radical (unpaired) electrons. The summed E-state index contributed by atoms with van der Waals surface area (Å²) in [5.74, 6) is 0.0839. The highest BCUT2D eigenvalue weighted by molar-refractivity contribution is 6.09. The van der Waals surface area contributed by atoms with Gasteiger partial charge in [-0.1, -0.05) is 6.58 Å². The maximum atomic E-state index is 12.0. The molecule has 1 aromatic rings. The number of benzene rings is 1. The highest BCUT2D eigenvalue weighted by atomic mass is 16.2. The first kappa shape index (κ1) is 9.97. The summed E-state index contributed by atoms with van der Waals surface area (Å²) in [4.78, 5) is 13.7. The number of carbonyl (C=O) groups is 1. The second kappa shape index (κ2) is 3.23. The number of aryl methyl sites for hydroxylation is 2. The maximum absolute atomic E-state index is 12.0. The first-order valence-corrected chi connectivity index (χ1v) is 5.18. The minimum atomic E-state index is 0.0839. The Balaban J connectivity index is 2.63. The SMILES string of the molecule is C=C1c2cc(C)c(C)cc2C(=O)N1CC. The summed E-state index contributed by atoms with van der Waals surface area (Å²) in [7, 11) is 0. The first-order valence-electron chi connectivity index (χ1n) is 5.18. The second-order valence-electron chi connectivity index (χ2n) is 3.98. The summed E-state index contributed by atoms with van der Waals surface area (Å²) in [5.41, 5.74) is 4.99. The Morgan fingerprint density at radius 2 is 1.73 bits per heavy atom. The molecule has 0 unspecified atom stereocenters. The van der Waals surface area contributed by atoms with Crippen molar-refractivity contribution in [3.63, 3.8) is 0 Å². The minimum Gasteiger partial charge on any atom is -0.309 e. The normalized spacial score (nSPS) is 14.7. The minimum absolute atomic E-state index is 0.0839.